The first-order chi connectivity index (χ1) is 12.6. The molecule has 1 saturated heterocycles. The number of nitriles is 1. The van der Waals surface area contributed by atoms with Crippen LogP contribution in [-0.2, 0) is 0 Å². The van der Waals surface area contributed by atoms with Crippen LogP contribution in [0.3, 0.4) is 0 Å². The molecular weight excluding hydrogens is 334 g/mol. The molecule has 1 heterocycles. The highest BCUT2D eigenvalue weighted by Crippen LogP contribution is 2.44. The van der Waals surface area contributed by atoms with E-state index in [1.165, 1.54) is 6.07 Å². The summed E-state index contributed by atoms with van der Waals surface area (Å²) >= 11 is 0. The second kappa shape index (κ2) is 7.31. The van der Waals surface area contributed by atoms with E-state index in [9.17, 15) is 10.1 Å². The predicted octanol–water partition coefficient (Wildman–Crippen LogP) is 3.83. The van der Waals surface area contributed by atoms with Crippen LogP contribution in [0.5, 0.6) is 11.5 Å². The third kappa shape index (κ3) is 3.14. The summed E-state index contributed by atoms with van der Waals surface area (Å²) < 4.78 is 10.8. The Kier molecular flexibility index (Phi) is 4.94. The van der Waals surface area contributed by atoms with Gasteiger partial charge in [-0.1, -0.05) is 0 Å². The molecular formula is C19H19N3O4. The Labute approximate surface area is 151 Å². The van der Waals surface area contributed by atoms with E-state index >= 15 is 0 Å². The lowest BCUT2D eigenvalue weighted by molar-refractivity contribution is -0.384. The minimum absolute atomic E-state index is 0.0576. The molecule has 0 spiro atoms. The largest absolute Gasteiger partial charge is 0.497 e. The monoisotopic (exact) mass is 353 g/mol. The highest BCUT2D eigenvalue weighted by atomic mass is 16.6. The van der Waals surface area contributed by atoms with Crippen molar-refractivity contribution < 1.29 is 14.4 Å². The Bertz CT molecular complexity index is 876. The van der Waals surface area contributed by atoms with Gasteiger partial charge < -0.3 is 14.4 Å². The lowest BCUT2D eigenvalue weighted by Crippen LogP contribution is -2.24. The molecule has 0 saturated carbocycles. The van der Waals surface area contributed by atoms with Gasteiger partial charge in [-0.3, -0.25) is 10.1 Å². The predicted molar refractivity (Wildman–Crippen MR) is 96.7 cm³/mol. The molecule has 2 aromatic rings. The van der Waals surface area contributed by atoms with Gasteiger partial charge >= 0.3 is 0 Å². The molecule has 0 N–H and O–H groups in total. The summed E-state index contributed by atoms with van der Waals surface area (Å²) in [6, 6.07) is 12.1. The van der Waals surface area contributed by atoms with Gasteiger partial charge in [0.25, 0.3) is 5.69 Å². The highest BCUT2D eigenvalue weighted by molar-refractivity contribution is 5.67. The van der Waals surface area contributed by atoms with Crippen LogP contribution < -0.4 is 14.4 Å². The van der Waals surface area contributed by atoms with Gasteiger partial charge in [0, 0.05) is 18.2 Å². The van der Waals surface area contributed by atoms with Crippen LogP contribution in [0.25, 0.3) is 0 Å². The minimum Gasteiger partial charge on any atom is -0.497 e. The van der Waals surface area contributed by atoms with Crippen LogP contribution in [0.4, 0.5) is 11.4 Å². The van der Waals surface area contributed by atoms with Gasteiger partial charge in [-0.05, 0) is 43.2 Å². The zero-order valence-corrected chi connectivity index (χ0v) is 14.6. The Morgan fingerprint density at radius 3 is 2.69 bits per heavy atom. The lowest BCUT2D eigenvalue weighted by Gasteiger charge is -2.28. The Balaban J connectivity index is 2.08. The van der Waals surface area contributed by atoms with Gasteiger partial charge in [-0.15, -0.1) is 0 Å². The number of anilines is 1. The number of hydrogen-bond donors (Lipinski definition) is 0. The summed E-state index contributed by atoms with van der Waals surface area (Å²) in [6.45, 7) is 0.692. The average molecular weight is 353 g/mol. The number of hydrogen-bond acceptors (Lipinski definition) is 6. The van der Waals surface area contributed by atoms with Crippen LogP contribution >= 0.6 is 0 Å². The maximum atomic E-state index is 11.5. The molecule has 1 aliphatic heterocycles. The summed E-state index contributed by atoms with van der Waals surface area (Å²) in [4.78, 5) is 13.1. The van der Waals surface area contributed by atoms with Gasteiger partial charge in [0.05, 0.1) is 36.8 Å². The second-order valence-electron chi connectivity index (χ2n) is 6.03. The topological polar surface area (TPSA) is 88.6 Å². The summed E-state index contributed by atoms with van der Waals surface area (Å²) in [5.74, 6) is 1.43. The molecule has 0 radical (unpaired) electrons. The zero-order chi connectivity index (χ0) is 18.7. The van der Waals surface area contributed by atoms with Crippen molar-refractivity contribution in [2.75, 3.05) is 25.7 Å². The molecule has 0 amide bonds. The number of nitro benzene ring substituents is 1. The van der Waals surface area contributed by atoms with Crippen molar-refractivity contribution in [1.29, 1.82) is 5.26 Å². The van der Waals surface area contributed by atoms with E-state index in [-0.39, 0.29) is 17.3 Å². The summed E-state index contributed by atoms with van der Waals surface area (Å²) in [5.41, 5.74) is 1.66. The number of rotatable bonds is 5. The molecule has 7 nitrogen and oxygen atoms in total. The second-order valence-corrected chi connectivity index (χ2v) is 6.03. The number of nitrogens with zero attached hydrogens (tertiary/aromatic N) is 3. The van der Waals surface area contributed by atoms with E-state index in [4.69, 9.17) is 14.7 Å². The van der Waals surface area contributed by atoms with Crippen molar-refractivity contribution in [3.8, 4) is 17.6 Å². The Morgan fingerprint density at radius 2 is 2.04 bits per heavy atom. The number of nitro groups is 1. The average Bonchev–Trinajstić information content (AvgIpc) is 3.16. The highest BCUT2D eigenvalue weighted by Gasteiger charge is 2.33. The third-order valence-electron chi connectivity index (χ3n) is 4.66. The first-order valence-corrected chi connectivity index (χ1v) is 8.26. The van der Waals surface area contributed by atoms with Crippen molar-refractivity contribution in [2.24, 2.45) is 0 Å². The Hall–Kier alpha value is -3.27. The van der Waals surface area contributed by atoms with Gasteiger partial charge in [-0.25, -0.2) is 0 Å². The summed E-state index contributed by atoms with van der Waals surface area (Å²) in [6.07, 6.45) is 1.75. The van der Waals surface area contributed by atoms with E-state index in [0.29, 0.717) is 18.0 Å². The maximum absolute atomic E-state index is 11.5. The maximum Gasteiger partial charge on any atom is 0.293 e. The fourth-order valence-corrected chi connectivity index (χ4v) is 3.46. The number of benzene rings is 2. The quantitative estimate of drug-likeness (QED) is 0.599. The standard InChI is InChI=1S/C19H19N3O4/c1-25-14-6-8-19(26-2)15(11-14)16-4-3-9-21(16)17-7-5-13(12-20)10-18(17)22(23)24/h5-8,10-11,16H,3-4,9H2,1-2H3. The van der Waals surface area contributed by atoms with Crippen LogP contribution in [0.1, 0.15) is 30.0 Å². The minimum atomic E-state index is -0.436. The Morgan fingerprint density at radius 1 is 1.23 bits per heavy atom. The normalized spacial score (nSPS) is 16.2. The van der Waals surface area contributed by atoms with Crippen molar-refractivity contribution in [3.05, 3.63) is 57.6 Å². The van der Waals surface area contributed by atoms with Crippen LogP contribution in [0.15, 0.2) is 36.4 Å². The molecule has 7 heteroatoms. The van der Waals surface area contributed by atoms with E-state index in [0.717, 1.165) is 24.2 Å². The first kappa shape index (κ1) is 17.5. The molecule has 1 aliphatic rings. The molecule has 0 aliphatic carbocycles. The molecule has 26 heavy (non-hydrogen) atoms. The molecule has 0 aromatic heterocycles. The van der Waals surface area contributed by atoms with Crippen LogP contribution in [0, 0.1) is 21.4 Å². The molecule has 1 fully saturated rings. The van der Waals surface area contributed by atoms with Gasteiger partial charge in [-0.2, -0.15) is 5.26 Å². The number of ether oxygens (including phenoxy) is 2. The van der Waals surface area contributed by atoms with Gasteiger partial charge in [0.15, 0.2) is 0 Å². The molecule has 134 valence electrons. The molecule has 0 bridgehead atoms. The first-order valence-electron chi connectivity index (χ1n) is 8.26. The van der Waals surface area contributed by atoms with E-state index < -0.39 is 4.92 Å². The lowest BCUT2D eigenvalue weighted by atomic mass is 10.0. The van der Waals surface area contributed by atoms with E-state index in [1.54, 1.807) is 26.4 Å². The molecule has 3 rings (SSSR count). The van der Waals surface area contributed by atoms with Gasteiger partial charge in [0.2, 0.25) is 0 Å². The van der Waals surface area contributed by atoms with E-state index in [1.807, 2.05) is 29.2 Å². The molecule has 2 aromatic carbocycles. The fraction of sp³-hybridized carbons (Fsp3) is 0.316. The van der Waals surface area contributed by atoms with Crippen LogP contribution in [0.2, 0.25) is 0 Å². The van der Waals surface area contributed by atoms with Crippen molar-refractivity contribution >= 4 is 11.4 Å². The molecule has 1 atom stereocenters. The summed E-state index contributed by atoms with van der Waals surface area (Å²) in [7, 11) is 3.21. The number of methoxy groups -OCH3 is 2. The fourth-order valence-electron chi connectivity index (χ4n) is 3.46. The van der Waals surface area contributed by atoms with Crippen molar-refractivity contribution in [3.63, 3.8) is 0 Å². The summed E-state index contributed by atoms with van der Waals surface area (Å²) in [5, 5.41) is 20.6. The van der Waals surface area contributed by atoms with E-state index in [2.05, 4.69) is 0 Å². The SMILES string of the molecule is COc1ccc(OC)c(C2CCCN2c2ccc(C#N)cc2[N+](=O)[O-])c1. The molecule has 1 unspecified atom stereocenters. The van der Waals surface area contributed by atoms with Gasteiger partial charge in [0.1, 0.15) is 17.2 Å². The van der Waals surface area contributed by atoms with Crippen LogP contribution in [-0.4, -0.2) is 25.7 Å². The third-order valence-corrected chi connectivity index (χ3v) is 4.66. The smallest absolute Gasteiger partial charge is 0.293 e. The zero-order valence-electron chi connectivity index (χ0n) is 14.6. The van der Waals surface area contributed by atoms with Crippen molar-refractivity contribution in [1.82, 2.24) is 0 Å². The van der Waals surface area contributed by atoms with Crippen molar-refractivity contribution in [2.45, 2.75) is 18.9 Å².